The largest absolute Gasteiger partial charge is 0.313 e. The first kappa shape index (κ1) is 13.9. The zero-order valence-corrected chi connectivity index (χ0v) is 11.2. The molecule has 0 aliphatic carbocycles. The highest BCUT2D eigenvalue weighted by Gasteiger charge is 2.17. The molecule has 1 atom stereocenters. The third-order valence-corrected chi connectivity index (χ3v) is 3.90. The molecular weight excluding hydrogens is 224 g/mol. The first-order chi connectivity index (χ1) is 7.51. The molecule has 0 spiro atoms. The lowest BCUT2D eigenvalue weighted by Crippen LogP contribution is -2.39. The molecule has 4 nitrogen and oxygen atoms in total. The van der Waals surface area contributed by atoms with Crippen molar-refractivity contribution in [2.75, 3.05) is 38.2 Å². The quantitative estimate of drug-likeness (QED) is 0.769. The van der Waals surface area contributed by atoms with Gasteiger partial charge in [-0.2, -0.15) is 0 Å². The van der Waals surface area contributed by atoms with Crippen molar-refractivity contribution in [2.45, 2.75) is 32.2 Å². The Balaban J connectivity index is 2.39. The number of nitrogens with zero attached hydrogens (tertiary/aromatic N) is 1. The minimum Gasteiger partial charge on any atom is -0.313 e. The molecule has 1 rings (SSSR count). The summed E-state index contributed by atoms with van der Waals surface area (Å²) in [7, 11) is -2.83. The Morgan fingerprint density at radius 2 is 2.19 bits per heavy atom. The van der Waals surface area contributed by atoms with E-state index in [1.807, 2.05) is 0 Å². The van der Waals surface area contributed by atoms with Crippen LogP contribution in [0.25, 0.3) is 0 Å². The summed E-state index contributed by atoms with van der Waals surface area (Å²) in [5.41, 5.74) is 0. The van der Waals surface area contributed by atoms with E-state index >= 15 is 0 Å². The Labute approximate surface area is 99.3 Å². The van der Waals surface area contributed by atoms with Crippen molar-refractivity contribution in [3.8, 4) is 0 Å². The van der Waals surface area contributed by atoms with Gasteiger partial charge < -0.3 is 10.2 Å². The number of nitrogens with one attached hydrogen (secondary N) is 1. The molecule has 1 saturated heterocycles. The highest BCUT2D eigenvalue weighted by Crippen LogP contribution is 2.05. The van der Waals surface area contributed by atoms with E-state index in [2.05, 4.69) is 17.1 Å². The Morgan fingerprint density at radius 3 is 2.81 bits per heavy atom. The summed E-state index contributed by atoms with van der Waals surface area (Å²) in [6.07, 6.45) is 4.78. The second-order valence-electron chi connectivity index (χ2n) is 4.72. The van der Waals surface area contributed by atoms with Gasteiger partial charge in [0.15, 0.2) is 0 Å². The standard InChI is InChI=1S/C11H24N2O2S/c1-3-5-11-10-13(7-4-6-12-11)8-9-16(2,14)15/h11-12H,3-10H2,1-2H3. The van der Waals surface area contributed by atoms with E-state index < -0.39 is 9.84 Å². The molecule has 1 aliphatic heterocycles. The van der Waals surface area contributed by atoms with Crippen LogP contribution in [0.1, 0.15) is 26.2 Å². The van der Waals surface area contributed by atoms with Crippen LogP contribution in [0.15, 0.2) is 0 Å². The van der Waals surface area contributed by atoms with Crippen molar-refractivity contribution in [1.82, 2.24) is 10.2 Å². The van der Waals surface area contributed by atoms with E-state index in [1.165, 1.54) is 19.1 Å². The summed E-state index contributed by atoms with van der Waals surface area (Å²) < 4.78 is 22.2. The third-order valence-electron chi connectivity index (χ3n) is 2.98. The Bertz CT molecular complexity index is 290. The van der Waals surface area contributed by atoms with Gasteiger partial charge in [0.25, 0.3) is 0 Å². The van der Waals surface area contributed by atoms with Gasteiger partial charge in [0.2, 0.25) is 0 Å². The van der Waals surface area contributed by atoms with Crippen LogP contribution in [-0.4, -0.2) is 57.5 Å². The van der Waals surface area contributed by atoms with Crippen molar-refractivity contribution in [1.29, 1.82) is 0 Å². The van der Waals surface area contributed by atoms with Crippen LogP contribution in [0.2, 0.25) is 0 Å². The van der Waals surface area contributed by atoms with Gasteiger partial charge in [-0.1, -0.05) is 13.3 Å². The van der Waals surface area contributed by atoms with Crippen LogP contribution in [0.4, 0.5) is 0 Å². The topological polar surface area (TPSA) is 49.4 Å². The maximum Gasteiger partial charge on any atom is 0.148 e. The fraction of sp³-hybridized carbons (Fsp3) is 1.00. The fourth-order valence-electron chi connectivity index (χ4n) is 2.12. The van der Waals surface area contributed by atoms with E-state index in [-0.39, 0.29) is 5.75 Å². The van der Waals surface area contributed by atoms with Crippen LogP contribution in [0.5, 0.6) is 0 Å². The Hall–Kier alpha value is -0.130. The minimum atomic E-state index is -2.83. The zero-order chi connectivity index (χ0) is 12.0. The number of sulfone groups is 1. The second kappa shape index (κ2) is 6.57. The zero-order valence-electron chi connectivity index (χ0n) is 10.4. The molecule has 16 heavy (non-hydrogen) atoms. The van der Waals surface area contributed by atoms with Gasteiger partial charge in [-0.05, 0) is 25.9 Å². The minimum absolute atomic E-state index is 0.284. The van der Waals surface area contributed by atoms with Gasteiger partial charge in [-0.15, -0.1) is 0 Å². The number of hydrogen-bond donors (Lipinski definition) is 1. The van der Waals surface area contributed by atoms with Crippen molar-refractivity contribution >= 4 is 9.84 Å². The molecule has 1 heterocycles. The molecule has 0 saturated carbocycles. The molecule has 0 aromatic heterocycles. The Kier molecular flexibility index (Phi) is 5.72. The third kappa shape index (κ3) is 5.82. The van der Waals surface area contributed by atoms with Gasteiger partial charge in [0.1, 0.15) is 9.84 Å². The molecule has 5 heteroatoms. The van der Waals surface area contributed by atoms with E-state index in [0.717, 1.165) is 26.1 Å². The average Bonchev–Trinajstić information content (AvgIpc) is 2.40. The van der Waals surface area contributed by atoms with Crippen LogP contribution in [0, 0.1) is 0 Å². The highest BCUT2D eigenvalue weighted by molar-refractivity contribution is 7.90. The van der Waals surface area contributed by atoms with Gasteiger partial charge in [0, 0.05) is 25.4 Å². The van der Waals surface area contributed by atoms with E-state index in [0.29, 0.717) is 12.6 Å². The molecule has 1 unspecified atom stereocenters. The van der Waals surface area contributed by atoms with Crippen LogP contribution < -0.4 is 5.32 Å². The summed E-state index contributed by atoms with van der Waals surface area (Å²) in [5, 5.41) is 3.52. The SMILES string of the molecule is CCCC1CN(CCS(C)(=O)=O)CCCN1. The van der Waals surface area contributed by atoms with Crippen molar-refractivity contribution in [3.05, 3.63) is 0 Å². The first-order valence-corrected chi connectivity index (χ1v) is 8.21. The highest BCUT2D eigenvalue weighted by atomic mass is 32.2. The molecule has 1 fully saturated rings. The van der Waals surface area contributed by atoms with Crippen molar-refractivity contribution in [3.63, 3.8) is 0 Å². The normalized spacial score (nSPS) is 24.2. The monoisotopic (exact) mass is 248 g/mol. The van der Waals surface area contributed by atoms with E-state index in [4.69, 9.17) is 0 Å². The smallest absolute Gasteiger partial charge is 0.148 e. The summed E-state index contributed by atoms with van der Waals surface area (Å²) >= 11 is 0. The molecule has 0 radical (unpaired) electrons. The van der Waals surface area contributed by atoms with E-state index in [9.17, 15) is 8.42 Å². The van der Waals surface area contributed by atoms with Crippen LogP contribution in [0.3, 0.4) is 0 Å². The average molecular weight is 248 g/mol. The molecule has 1 N–H and O–H groups in total. The van der Waals surface area contributed by atoms with Gasteiger partial charge in [-0.3, -0.25) is 0 Å². The van der Waals surface area contributed by atoms with Gasteiger partial charge >= 0.3 is 0 Å². The molecule has 0 aromatic carbocycles. The van der Waals surface area contributed by atoms with Gasteiger partial charge in [-0.25, -0.2) is 8.42 Å². The molecule has 0 aromatic rings. The van der Waals surface area contributed by atoms with E-state index in [1.54, 1.807) is 0 Å². The van der Waals surface area contributed by atoms with Crippen molar-refractivity contribution in [2.24, 2.45) is 0 Å². The molecule has 96 valence electrons. The maximum atomic E-state index is 11.1. The summed E-state index contributed by atoms with van der Waals surface area (Å²) in [4.78, 5) is 2.28. The summed E-state index contributed by atoms with van der Waals surface area (Å²) in [6.45, 7) is 5.93. The molecule has 1 aliphatic rings. The summed E-state index contributed by atoms with van der Waals surface area (Å²) in [5.74, 6) is 0.284. The maximum absolute atomic E-state index is 11.1. The molecule has 0 amide bonds. The lowest BCUT2D eigenvalue weighted by atomic mass is 10.1. The lowest BCUT2D eigenvalue weighted by Gasteiger charge is -2.23. The van der Waals surface area contributed by atoms with Crippen molar-refractivity contribution < 1.29 is 8.42 Å². The van der Waals surface area contributed by atoms with Crippen LogP contribution >= 0.6 is 0 Å². The van der Waals surface area contributed by atoms with Gasteiger partial charge in [0.05, 0.1) is 5.75 Å². The number of hydrogen-bond acceptors (Lipinski definition) is 4. The predicted molar refractivity (Wildman–Crippen MR) is 67.5 cm³/mol. The van der Waals surface area contributed by atoms with Crippen LogP contribution in [-0.2, 0) is 9.84 Å². The lowest BCUT2D eigenvalue weighted by molar-refractivity contribution is 0.276. The number of rotatable bonds is 5. The second-order valence-corrected chi connectivity index (χ2v) is 6.98. The Morgan fingerprint density at radius 1 is 1.44 bits per heavy atom. The molecule has 0 bridgehead atoms. The molecular formula is C11H24N2O2S. The predicted octanol–water partition coefficient (Wildman–Crippen LogP) is 0.495. The summed E-state index contributed by atoms with van der Waals surface area (Å²) in [6, 6.07) is 0.534. The first-order valence-electron chi connectivity index (χ1n) is 6.14. The fourth-order valence-corrected chi connectivity index (χ4v) is 2.71.